The summed E-state index contributed by atoms with van der Waals surface area (Å²) in [5.74, 6) is -1.54. The molecule has 1 fully saturated rings. The molecule has 0 bridgehead atoms. The SMILES string of the molecule is CC(=NNC(N)=O)[C@]1(C)CC[C@H](C(=O)[O-])C1(C)C. The molecule has 2 atom stereocenters. The van der Waals surface area contributed by atoms with E-state index in [0.717, 1.165) is 0 Å². The smallest absolute Gasteiger partial charge is 0.332 e. The van der Waals surface area contributed by atoms with E-state index in [9.17, 15) is 14.7 Å². The van der Waals surface area contributed by atoms with E-state index in [1.54, 1.807) is 6.92 Å². The maximum atomic E-state index is 11.2. The lowest BCUT2D eigenvalue weighted by atomic mass is 9.63. The van der Waals surface area contributed by atoms with Crippen LogP contribution in [0.4, 0.5) is 4.79 Å². The van der Waals surface area contributed by atoms with Crippen molar-refractivity contribution in [3.05, 3.63) is 0 Å². The average molecular weight is 254 g/mol. The number of carbonyl (C=O) groups excluding carboxylic acids is 2. The van der Waals surface area contributed by atoms with Gasteiger partial charge in [-0.25, -0.2) is 10.2 Å². The number of hydrogen-bond donors (Lipinski definition) is 2. The number of hydrogen-bond acceptors (Lipinski definition) is 4. The van der Waals surface area contributed by atoms with Gasteiger partial charge in [-0.15, -0.1) is 0 Å². The molecule has 0 spiro atoms. The lowest BCUT2D eigenvalue weighted by Gasteiger charge is -2.42. The Morgan fingerprint density at radius 2 is 1.94 bits per heavy atom. The second-order valence-electron chi connectivity index (χ2n) is 5.64. The van der Waals surface area contributed by atoms with Gasteiger partial charge in [-0.3, -0.25) is 0 Å². The van der Waals surface area contributed by atoms with Crippen LogP contribution in [0.25, 0.3) is 0 Å². The molecule has 0 heterocycles. The van der Waals surface area contributed by atoms with Crippen LogP contribution in [0.5, 0.6) is 0 Å². The predicted molar refractivity (Wildman–Crippen MR) is 65.4 cm³/mol. The summed E-state index contributed by atoms with van der Waals surface area (Å²) in [7, 11) is 0. The Hall–Kier alpha value is -1.59. The molecule has 1 aliphatic carbocycles. The molecular weight excluding hydrogens is 234 g/mol. The summed E-state index contributed by atoms with van der Waals surface area (Å²) in [6.07, 6.45) is 1.24. The fourth-order valence-corrected chi connectivity index (χ4v) is 2.82. The zero-order chi connectivity index (χ0) is 14.1. The number of nitrogens with two attached hydrogens (primary N) is 1. The van der Waals surface area contributed by atoms with Crippen LogP contribution in [0.15, 0.2) is 5.10 Å². The fraction of sp³-hybridized carbons (Fsp3) is 0.750. The van der Waals surface area contributed by atoms with E-state index in [0.29, 0.717) is 18.6 Å². The Balaban J connectivity index is 3.04. The lowest BCUT2D eigenvalue weighted by Crippen LogP contribution is -2.46. The molecule has 0 radical (unpaired) electrons. The molecule has 0 saturated heterocycles. The maximum absolute atomic E-state index is 11.2. The second kappa shape index (κ2) is 4.59. The minimum absolute atomic E-state index is 0.403. The van der Waals surface area contributed by atoms with Gasteiger partial charge in [0.05, 0.1) is 0 Å². The number of urea groups is 1. The van der Waals surface area contributed by atoms with E-state index in [2.05, 4.69) is 10.5 Å². The quantitative estimate of drug-likeness (QED) is 0.555. The number of hydrazone groups is 1. The highest BCUT2D eigenvalue weighted by Crippen LogP contribution is 2.56. The van der Waals surface area contributed by atoms with Gasteiger partial charge >= 0.3 is 6.03 Å². The molecule has 0 aromatic carbocycles. The van der Waals surface area contributed by atoms with Crippen LogP contribution in [0, 0.1) is 16.7 Å². The van der Waals surface area contributed by atoms with Crippen LogP contribution in [0.2, 0.25) is 0 Å². The molecule has 1 saturated carbocycles. The first-order valence-electron chi connectivity index (χ1n) is 5.94. The number of rotatable bonds is 3. The number of primary amides is 1. The molecule has 0 aromatic rings. The van der Waals surface area contributed by atoms with Crippen LogP contribution in [-0.2, 0) is 4.79 Å². The standard InChI is InChI=1S/C12H21N3O3/c1-7(14-15-10(13)18)12(4)6-5-8(9(16)17)11(12,2)3/h8H,5-6H2,1-4H3,(H,16,17)(H3,13,15,18)/p-1/t8-,12+/m1/s1. The number of nitrogens with zero attached hydrogens (tertiary/aromatic N) is 1. The van der Waals surface area contributed by atoms with Crippen molar-refractivity contribution < 1.29 is 14.7 Å². The zero-order valence-corrected chi connectivity index (χ0v) is 11.2. The Morgan fingerprint density at radius 1 is 1.39 bits per heavy atom. The number of carbonyl (C=O) groups is 2. The molecule has 6 heteroatoms. The van der Waals surface area contributed by atoms with E-state index >= 15 is 0 Å². The number of aliphatic carboxylic acids is 1. The molecule has 0 unspecified atom stereocenters. The highest BCUT2D eigenvalue weighted by atomic mass is 16.4. The summed E-state index contributed by atoms with van der Waals surface area (Å²) in [5, 5.41) is 15.1. The number of nitrogens with one attached hydrogen (secondary N) is 1. The van der Waals surface area contributed by atoms with Crippen molar-refractivity contribution in [3.8, 4) is 0 Å². The number of amides is 2. The van der Waals surface area contributed by atoms with Crippen LogP contribution < -0.4 is 16.3 Å². The summed E-state index contributed by atoms with van der Waals surface area (Å²) < 4.78 is 0. The largest absolute Gasteiger partial charge is 0.550 e. The summed E-state index contributed by atoms with van der Waals surface area (Å²) >= 11 is 0. The number of carboxylic acid groups (broad SMARTS) is 1. The van der Waals surface area contributed by atoms with Crippen molar-refractivity contribution in [3.63, 3.8) is 0 Å². The predicted octanol–water partition coefficient (Wildman–Crippen LogP) is 0.223. The highest BCUT2D eigenvalue weighted by Gasteiger charge is 2.53. The molecular formula is C12H20N3O3-. The maximum Gasteiger partial charge on any atom is 0.332 e. The molecule has 0 aliphatic heterocycles. The molecule has 0 aromatic heterocycles. The van der Waals surface area contributed by atoms with Gasteiger partial charge in [0.2, 0.25) is 0 Å². The lowest BCUT2D eigenvalue weighted by molar-refractivity contribution is -0.314. The van der Waals surface area contributed by atoms with Gasteiger partial charge in [0.25, 0.3) is 0 Å². The molecule has 6 nitrogen and oxygen atoms in total. The summed E-state index contributed by atoms with van der Waals surface area (Å²) in [6.45, 7) is 7.51. The summed E-state index contributed by atoms with van der Waals surface area (Å²) in [6, 6.07) is -0.731. The van der Waals surface area contributed by atoms with Gasteiger partial charge in [0.1, 0.15) is 0 Å². The molecule has 3 N–H and O–H groups in total. The highest BCUT2D eigenvalue weighted by molar-refractivity contribution is 5.90. The van der Waals surface area contributed by atoms with Gasteiger partial charge in [-0.2, -0.15) is 5.10 Å². The summed E-state index contributed by atoms with van der Waals surface area (Å²) in [4.78, 5) is 21.8. The van der Waals surface area contributed by atoms with Gasteiger partial charge in [0.15, 0.2) is 0 Å². The third-order valence-electron chi connectivity index (χ3n) is 4.64. The Morgan fingerprint density at radius 3 is 2.33 bits per heavy atom. The molecule has 18 heavy (non-hydrogen) atoms. The Labute approximate surface area is 107 Å². The number of carboxylic acids is 1. The van der Waals surface area contributed by atoms with E-state index < -0.39 is 28.7 Å². The van der Waals surface area contributed by atoms with Crippen LogP contribution in [0.1, 0.15) is 40.5 Å². The third-order valence-corrected chi connectivity index (χ3v) is 4.64. The monoisotopic (exact) mass is 254 g/mol. The van der Waals surface area contributed by atoms with Crippen LogP contribution >= 0.6 is 0 Å². The van der Waals surface area contributed by atoms with Crippen LogP contribution in [0.3, 0.4) is 0 Å². The average Bonchev–Trinajstić information content (AvgIpc) is 2.47. The molecule has 1 aliphatic rings. The first kappa shape index (κ1) is 14.5. The van der Waals surface area contributed by atoms with Gasteiger partial charge in [0, 0.05) is 23.0 Å². The van der Waals surface area contributed by atoms with Gasteiger partial charge in [-0.05, 0) is 25.2 Å². The first-order valence-corrected chi connectivity index (χ1v) is 5.94. The Bertz CT molecular complexity index is 403. The minimum atomic E-state index is -1.03. The van der Waals surface area contributed by atoms with Crippen molar-refractivity contribution in [1.29, 1.82) is 0 Å². The van der Waals surface area contributed by atoms with Crippen molar-refractivity contribution in [2.24, 2.45) is 27.6 Å². The van der Waals surface area contributed by atoms with E-state index in [-0.39, 0.29) is 0 Å². The van der Waals surface area contributed by atoms with Crippen molar-refractivity contribution in [2.45, 2.75) is 40.5 Å². The topological polar surface area (TPSA) is 108 Å². The zero-order valence-electron chi connectivity index (χ0n) is 11.2. The molecule has 102 valence electrons. The van der Waals surface area contributed by atoms with E-state index in [4.69, 9.17) is 5.73 Å². The summed E-state index contributed by atoms with van der Waals surface area (Å²) in [5.41, 5.74) is 6.94. The van der Waals surface area contributed by atoms with E-state index in [1.165, 1.54) is 0 Å². The Kier molecular flexibility index (Phi) is 3.69. The normalized spacial score (nSPS) is 31.1. The minimum Gasteiger partial charge on any atom is -0.550 e. The van der Waals surface area contributed by atoms with Crippen molar-refractivity contribution in [1.82, 2.24) is 5.43 Å². The molecule has 1 rings (SSSR count). The van der Waals surface area contributed by atoms with Crippen molar-refractivity contribution >= 4 is 17.7 Å². The molecule has 2 amide bonds. The fourth-order valence-electron chi connectivity index (χ4n) is 2.82. The van der Waals surface area contributed by atoms with Crippen LogP contribution in [-0.4, -0.2) is 17.7 Å². The first-order chi connectivity index (χ1) is 8.13. The van der Waals surface area contributed by atoms with Gasteiger partial charge < -0.3 is 15.6 Å². The van der Waals surface area contributed by atoms with Crippen molar-refractivity contribution in [2.75, 3.05) is 0 Å². The second-order valence-corrected chi connectivity index (χ2v) is 5.64. The van der Waals surface area contributed by atoms with E-state index in [1.807, 2.05) is 20.8 Å². The van der Waals surface area contributed by atoms with Gasteiger partial charge in [-0.1, -0.05) is 20.8 Å². The third kappa shape index (κ3) is 2.19.